The fraction of sp³-hybridized carbons (Fsp3) is 1.00. The van der Waals surface area contributed by atoms with Gasteiger partial charge in [0.2, 0.25) is 10.5 Å². The van der Waals surface area contributed by atoms with Gasteiger partial charge in [-0.3, -0.25) is 0 Å². The van der Waals surface area contributed by atoms with Gasteiger partial charge < -0.3 is 23.4 Å². The van der Waals surface area contributed by atoms with E-state index in [1.807, 2.05) is 0 Å². The molecule has 2 fully saturated rings. The van der Waals surface area contributed by atoms with Crippen LogP contribution >= 0.6 is 0 Å². The molecule has 121 valence electrons. The zero-order valence-electron chi connectivity index (χ0n) is 12.9. The summed E-state index contributed by atoms with van der Waals surface area (Å²) in [6.07, 6.45) is 5.28. The van der Waals surface area contributed by atoms with Gasteiger partial charge in [-0.05, 0) is 38.5 Å². The largest absolute Gasteiger partial charge is 0.416 e. The highest BCUT2D eigenvalue weighted by atomic mass is 28.2. The van der Waals surface area contributed by atoms with Crippen LogP contribution < -0.4 is 0 Å². The van der Waals surface area contributed by atoms with Crippen LogP contribution in [0.4, 0.5) is 0 Å². The Labute approximate surface area is 131 Å². The minimum absolute atomic E-state index is 0.209. The van der Waals surface area contributed by atoms with E-state index in [2.05, 4.69) is 17.4 Å². The van der Waals surface area contributed by atoms with Crippen LogP contribution in [0.2, 0.25) is 0 Å². The highest BCUT2D eigenvalue weighted by Crippen LogP contribution is 2.20. The number of hydrogen-bond donors (Lipinski definition) is 0. The van der Waals surface area contributed by atoms with Crippen LogP contribution in [0.15, 0.2) is 0 Å². The number of ether oxygens (including phenoxy) is 4. The Hall–Kier alpha value is 0.0169. The maximum Gasteiger partial charge on any atom is 0.246 e. The lowest BCUT2D eigenvalue weighted by Gasteiger charge is -2.23. The van der Waals surface area contributed by atoms with E-state index in [4.69, 9.17) is 23.4 Å². The van der Waals surface area contributed by atoms with Gasteiger partial charge in [-0.1, -0.05) is 0 Å². The standard InChI is InChI=1S/C15H27O5Si/c1-12(20-21)13(4-2-6-16-8-14-10-18-14)5-3-7-17-9-15-11-19-15/h12-15H,2-11H2,1H3. The van der Waals surface area contributed by atoms with E-state index in [0.717, 1.165) is 65.3 Å². The summed E-state index contributed by atoms with van der Waals surface area (Å²) < 4.78 is 26.7. The maximum atomic E-state index is 5.58. The first-order valence-corrected chi connectivity index (χ1v) is 8.41. The van der Waals surface area contributed by atoms with Gasteiger partial charge in [-0.2, -0.15) is 0 Å². The first-order valence-electron chi connectivity index (χ1n) is 8.00. The van der Waals surface area contributed by atoms with Crippen molar-refractivity contribution in [3.8, 4) is 0 Å². The highest BCUT2D eigenvalue weighted by molar-refractivity contribution is 5.98. The van der Waals surface area contributed by atoms with Crippen molar-refractivity contribution in [2.24, 2.45) is 5.92 Å². The Morgan fingerprint density at radius 1 is 1.00 bits per heavy atom. The van der Waals surface area contributed by atoms with E-state index >= 15 is 0 Å². The predicted octanol–water partition coefficient (Wildman–Crippen LogP) is 1.48. The maximum absolute atomic E-state index is 5.58. The van der Waals surface area contributed by atoms with Crippen LogP contribution in [0.1, 0.15) is 32.6 Å². The molecule has 0 saturated carbocycles. The van der Waals surface area contributed by atoms with Gasteiger partial charge >= 0.3 is 0 Å². The summed E-state index contributed by atoms with van der Waals surface area (Å²) >= 11 is 0. The molecule has 0 aliphatic carbocycles. The molecule has 21 heavy (non-hydrogen) atoms. The molecule has 2 aliphatic heterocycles. The molecule has 0 spiro atoms. The topological polar surface area (TPSA) is 52.8 Å². The van der Waals surface area contributed by atoms with Crippen LogP contribution in [0.3, 0.4) is 0 Å². The van der Waals surface area contributed by atoms with Crippen LogP contribution in [-0.4, -0.2) is 68.4 Å². The van der Waals surface area contributed by atoms with Gasteiger partial charge in [-0.15, -0.1) is 0 Å². The average Bonchev–Trinajstić information content (AvgIpc) is 3.37. The first kappa shape index (κ1) is 17.4. The summed E-state index contributed by atoms with van der Waals surface area (Å²) in [5.74, 6) is 0.532. The van der Waals surface area contributed by atoms with Crippen molar-refractivity contribution in [2.75, 3.05) is 39.6 Å². The van der Waals surface area contributed by atoms with Gasteiger partial charge in [0, 0.05) is 19.3 Å². The molecule has 0 amide bonds. The summed E-state index contributed by atoms with van der Waals surface area (Å²) in [6, 6.07) is 0. The molecule has 2 aliphatic rings. The molecule has 3 radical (unpaired) electrons. The zero-order valence-corrected chi connectivity index (χ0v) is 13.9. The third-order valence-electron chi connectivity index (χ3n) is 3.99. The summed E-state index contributed by atoms with van der Waals surface area (Å²) in [4.78, 5) is 0. The molecule has 2 heterocycles. The molecule has 0 aromatic heterocycles. The fourth-order valence-corrected chi connectivity index (χ4v) is 2.56. The third-order valence-corrected chi connectivity index (χ3v) is 4.36. The highest BCUT2D eigenvalue weighted by Gasteiger charge is 2.23. The molecule has 0 aromatic rings. The molecular formula is C15H27O5Si. The van der Waals surface area contributed by atoms with Crippen molar-refractivity contribution in [3.63, 3.8) is 0 Å². The lowest BCUT2D eigenvalue weighted by molar-refractivity contribution is 0.0853. The minimum Gasteiger partial charge on any atom is -0.416 e. The van der Waals surface area contributed by atoms with Gasteiger partial charge in [0.15, 0.2) is 0 Å². The summed E-state index contributed by atoms with van der Waals surface area (Å²) in [6.45, 7) is 6.93. The second-order valence-electron chi connectivity index (χ2n) is 5.93. The quantitative estimate of drug-likeness (QED) is 0.276. The number of rotatable bonds is 14. The van der Waals surface area contributed by atoms with Crippen molar-refractivity contribution < 1.29 is 23.4 Å². The van der Waals surface area contributed by atoms with Crippen molar-refractivity contribution in [1.82, 2.24) is 0 Å². The van der Waals surface area contributed by atoms with E-state index in [1.165, 1.54) is 0 Å². The van der Waals surface area contributed by atoms with E-state index < -0.39 is 0 Å². The molecule has 3 atom stereocenters. The summed E-state index contributed by atoms with van der Waals surface area (Å²) in [7, 11) is 3.17. The van der Waals surface area contributed by atoms with Crippen LogP contribution in [0.5, 0.6) is 0 Å². The Balaban J connectivity index is 1.48. The van der Waals surface area contributed by atoms with Crippen molar-refractivity contribution >= 4 is 10.5 Å². The van der Waals surface area contributed by atoms with Crippen LogP contribution in [0, 0.1) is 5.92 Å². The number of hydrogen-bond acceptors (Lipinski definition) is 5. The van der Waals surface area contributed by atoms with Gasteiger partial charge in [0.05, 0.1) is 26.4 Å². The van der Waals surface area contributed by atoms with Crippen molar-refractivity contribution in [2.45, 2.75) is 50.9 Å². The Bertz CT molecular complexity index is 249. The van der Waals surface area contributed by atoms with Gasteiger partial charge in [-0.25, -0.2) is 0 Å². The van der Waals surface area contributed by atoms with E-state index in [0.29, 0.717) is 18.1 Å². The smallest absolute Gasteiger partial charge is 0.246 e. The fourth-order valence-electron chi connectivity index (χ4n) is 2.36. The molecule has 0 aromatic carbocycles. The average molecular weight is 315 g/mol. The minimum atomic E-state index is 0.209. The Kier molecular flexibility index (Phi) is 8.20. The van der Waals surface area contributed by atoms with Crippen molar-refractivity contribution in [1.29, 1.82) is 0 Å². The molecule has 5 nitrogen and oxygen atoms in total. The van der Waals surface area contributed by atoms with E-state index in [-0.39, 0.29) is 6.10 Å². The molecule has 6 heteroatoms. The summed E-state index contributed by atoms with van der Waals surface area (Å²) in [5, 5.41) is 0. The van der Waals surface area contributed by atoms with E-state index in [9.17, 15) is 0 Å². The Morgan fingerprint density at radius 2 is 1.48 bits per heavy atom. The monoisotopic (exact) mass is 315 g/mol. The van der Waals surface area contributed by atoms with Crippen LogP contribution in [-0.2, 0) is 23.4 Å². The second-order valence-corrected chi connectivity index (χ2v) is 6.16. The molecule has 2 saturated heterocycles. The lowest BCUT2D eigenvalue weighted by Crippen LogP contribution is -2.21. The van der Waals surface area contributed by atoms with E-state index in [1.54, 1.807) is 0 Å². The Morgan fingerprint density at radius 3 is 1.86 bits per heavy atom. The molecule has 3 unspecified atom stereocenters. The molecule has 2 rings (SSSR count). The lowest BCUT2D eigenvalue weighted by atomic mass is 9.93. The van der Waals surface area contributed by atoms with Crippen molar-refractivity contribution in [3.05, 3.63) is 0 Å². The van der Waals surface area contributed by atoms with Crippen LogP contribution in [0.25, 0.3) is 0 Å². The second kappa shape index (κ2) is 9.92. The molecular weight excluding hydrogens is 288 g/mol. The number of epoxide rings is 2. The van der Waals surface area contributed by atoms with Gasteiger partial charge in [0.1, 0.15) is 12.2 Å². The summed E-state index contributed by atoms with van der Waals surface area (Å²) in [5.41, 5.74) is 0. The molecule has 0 bridgehead atoms. The zero-order chi connectivity index (χ0) is 14.9. The normalized spacial score (nSPS) is 26.6. The molecule has 0 N–H and O–H groups in total. The van der Waals surface area contributed by atoms with Gasteiger partial charge in [0.25, 0.3) is 0 Å². The first-order chi connectivity index (χ1) is 10.3. The predicted molar refractivity (Wildman–Crippen MR) is 79.4 cm³/mol. The third kappa shape index (κ3) is 8.28. The SMILES string of the molecule is CC(O[Si])C(CCCOCC1CO1)CCCOCC1CO1.